The summed E-state index contributed by atoms with van der Waals surface area (Å²) in [5.41, 5.74) is 1.14. The van der Waals surface area contributed by atoms with E-state index in [9.17, 15) is 4.39 Å². The van der Waals surface area contributed by atoms with Gasteiger partial charge in [-0.25, -0.2) is 4.39 Å². The van der Waals surface area contributed by atoms with Crippen LogP contribution in [0.5, 0.6) is 0 Å². The van der Waals surface area contributed by atoms with Gasteiger partial charge in [-0.2, -0.15) is 0 Å². The van der Waals surface area contributed by atoms with Gasteiger partial charge in [0.2, 0.25) is 0 Å². The van der Waals surface area contributed by atoms with E-state index >= 15 is 0 Å². The molecule has 2 nitrogen and oxygen atoms in total. The Hall–Kier alpha value is -0.930. The van der Waals surface area contributed by atoms with Gasteiger partial charge in [-0.3, -0.25) is 0 Å². The van der Waals surface area contributed by atoms with E-state index in [4.69, 9.17) is 0 Å². The van der Waals surface area contributed by atoms with E-state index in [0.29, 0.717) is 0 Å². The van der Waals surface area contributed by atoms with E-state index in [0.717, 1.165) is 37.7 Å². The van der Waals surface area contributed by atoms with Crippen LogP contribution in [0.4, 0.5) is 4.39 Å². The van der Waals surface area contributed by atoms with Crippen LogP contribution in [0.15, 0.2) is 24.3 Å². The molecular weight excluding hydrogens is 203 g/mol. The molecule has 1 aliphatic rings. The van der Waals surface area contributed by atoms with Crippen LogP contribution in [-0.4, -0.2) is 19.1 Å². The summed E-state index contributed by atoms with van der Waals surface area (Å²) >= 11 is 0. The molecule has 0 unspecified atom stereocenters. The number of hydrogen-bond acceptors (Lipinski definition) is 2. The predicted octanol–water partition coefficient (Wildman–Crippen LogP) is 2.06. The summed E-state index contributed by atoms with van der Waals surface area (Å²) in [6.07, 6.45) is 3.85. The number of halogens is 1. The van der Waals surface area contributed by atoms with Gasteiger partial charge in [0.05, 0.1) is 0 Å². The Balaban J connectivity index is 1.51. The van der Waals surface area contributed by atoms with Gasteiger partial charge in [-0.1, -0.05) is 12.1 Å². The fourth-order valence-corrected chi connectivity index (χ4v) is 1.64. The quantitative estimate of drug-likeness (QED) is 0.690. The fraction of sp³-hybridized carbons (Fsp3) is 0.538. The molecule has 0 radical (unpaired) electrons. The summed E-state index contributed by atoms with van der Waals surface area (Å²) in [6.45, 7) is 2.93. The summed E-state index contributed by atoms with van der Waals surface area (Å²) in [6, 6.07) is 7.46. The lowest BCUT2D eigenvalue weighted by Crippen LogP contribution is -2.23. The highest BCUT2D eigenvalue weighted by Crippen LogP contribution is 2.18. The van der Waals surface area contributed by atoms with Crippen LogP contribution in [-0.2, 0) is 6.54 Å². The Bertz CT molecular complexity index is 306. The van der Waals surface area contributed by atoms with Gasteiger partial charge < -0.3 is 10.6 Å². The summed E-state index contributed by atoms with van der Waals surface area (Å²) in [4.78, 5) is 0. The maximum absolute atomic E-state index is 12.6. The normalized spacial score (nSPS) is 15.3. The van der Waals surface area contributed by atoms with Crippen molar-refractivity contribution in [3.63, 3.8) is 0 Å². The average Bonchev–Trinajstić information content (AvgIpc) is 3.10. The molecular formula is C13H19FN2. The summed E-state index contributed by atoms with van der Waals surface area (Å²) in [5, 5.41) is 6.83. The lowest BCUT2D eigenvalue weighted by atomic mass is 10.2. The molecule has 1 fully saturated rings. The van der Waals surface area contributed by atoms with Crippen molar-refractivity contribution in [3.05, 3.63) is 35.6 Å². The molecule has 0 bridgehead atoms. The van der Waals surface area contributed by atoms with Crippen LogP contribution >= 0.6 is 0 Å². The van der Waals surface area contributed by atoms with Gasteiger partial charge in [0.15, 0.2) is 0 Å². The van der Waals surface area contributed by atoms with Crippen LogP contribution in [0.3, 0.4) is 0 Å². The minimum atomic E-state index is -0.169. The van der Waals surface area contributed by atoms with Crippen molar-refractivity contribution >= 4 is 0 Å². The lowest BCUT2D eigenvalue weighted by molar-refractivity contribution is 0.591. The molecule has 0 atom stereocenters. The third-order valence-electron chi connectivity index (χ3n) is 2.78. The lowest BCUT2D eigenvalue weighted by Gasteiger charge is -2.05. The zero-order chi connectivity index (χ0) is 11.2. The topological polar surface area (TPSA) is 24.1 Å². The third-order valence-corrected chi connectivity index (χ3v) is 2.78. The molecule has 0 amide bonds. The highest BCUT2D eigenvalue weighted by molar-refractivity contribution is 5.15. The number of hydrogen-bond donors (Lipinski definition) is 2. The first-order chi connectivity index (χ1) is 7.84. The molecule has 1 aromatic rings. The second kappa shape index (κ2) is 5.97. The molecule has 2 rings (SSSR count). The first-order valence-electron chi connectivity index (χ1n) is 6.03. The standard InChI is InChI=1S/C13H19FN2/c14-12-4-2-11(3-5-12)10-15-8-1-9-16-13-6-7-13/h2-5,13,15-16H,1,6-10H2. The maximum Gasteiger partial charge on any atom is 0.123 e. The molecule has 3 heteroatoms. The number of rotatable bonds is 7. The second-order valence-corrected chi connectivity index (χ2v) is 4.39. The predicted molar refractivity (Wildman–Crippen MR) is 63.7 cm³/mol. The summed E-state index contributed by atoms with van der Waals surface area (Å²) in [7, 11) is 0. The van der Waals surface area contributed by atoms with Gasteiger partial charge in [0.25, 0.3) is 0 Å². The van der Waals surface area contributed by atoms with Crippen molar-refractivity contribution in [2.45, 2.75) is 31.8 Å². The molecule has 0 heterocycles. The van der Waals surface area contributed by atoms with Crippen molar-refractivity contribution in [3.8, 4) is 0 Å². The van der Waals surface area contributed by atoms with Crippen LogP contribution < -0.4 is 10.6 Å². The SMILES string of the molecule is Fc1ccc(CNCCCNC2CC2)cc1. The first-order valence-corrected chi connectivity index (χ1v) is 6.03. The molecule has 1 saturated carbocycles. The van der Waals surface area contributed by atoms with Crippen molar-refractivity contribution in [2.75, 3.05) is 13.1 Å². The van der Waals surface area contributed by atoms with E-state index < -0.39 is 0 Å². The van der Waals surface area contributed by atoms with E-state index in [1.54, 1.807) is 0 Å². The van der Waals surface area contributed by atoms with Gasteiger partial charge in [-0.05, 0) is 50.0 Å². The van der Waals surface area contributed by atoms with E-state index in [2.05, 4.69) is 10.6 Å². The minimum absolute atomic E-state index is 0.169. The maximum atomic E-state index is 12.6. The van der Waals surface area contributed by atoms with E-state index in [1.165, 1.54) is 25.0 Å². The minimum Gasteiger partial charge on any atom is -0.314 e. The molecule has 0 aliphatic heterocycles. The molecule has 2 N–H and O–H groups in total. The van der Waals surface area contributed by atoms with Crippen LogP contribution in [0, 0.1) is 5.82 Å². The Morgan fingerprint density at radius 2 is 1.88 bits per heavy atom. The Morgan fingerprint density at radius 1 is 1.12 bits per heavy atom. The second-order valence-electron chi connectivity index (χ2n) is 4.39. The molecule has 0 spiro atoms. The van der Waals surface area contributed by atoms with E-state index in [-0.39, 0.29) is 5.82 Å². The Morgan fingerprint density at radius 3 is 2.56 bits per heavy atom. The van der Waals surface area contributed by atoms with Crippen LogP contribution in [0.25, 0.3) is 0 Å². The molecule has 88 valence electrons. The largest absolute Gasteiger partial charge is 0.314 e. The van der Waals surface area contributed by atoms with Crippen molar-refractivity contribution in [1.82, 2.24) is 10.6 Å². The molecule has 0 saturated heterocycles. The van der Waals surface area contributed by atoms with E-state index in [1.807, 2.05) is 12.1 Å². The first kappa shape index (κ1) is 11.6. The van der Waals surface area contributed by atoms with Gasteiger partial charge >= 0.3 is 0 Å². The zero-order valence-corrected chi connectivity index (χ0v) is 9.51. The van der Waals surface area contributed by atoms with Gasteiger partial charge in [-0.15, -0.1) is 0 Å². The fourth-order valence-electron chi connectivity index (χ4n) is 1.64. The Labute approximate surface area is 96.2 Å². The number of nitrogens with one attached hydrogen (secondary N) is 2. The van der Waals surface area contributed by atoms with Crippen LogP contribution in [0.1, 0.15) is 24.8 Å². The van der Waals surface area contributed by atoms with Crippen molar-refractivity contribution < 1.29 is 4.39 Å². The molecule has 1 aliphatic carbocycles. The summed E-state index contributed by atoms with van der Waals surface area (Å²) < 4.78 is 12.6. The smallest absolute Gasteiger partial charge is 0.123 e. The van der Waals surface area contributed by atoms with Crippen LogP contribution in [0.2, 0.25) is 0 Å². The monoisotopic (exact) mass is 222 g/mol. The summed E-state index contributed by atoms with van der Waals surface area (Å²) in [5.74, 6) is -0.169. The van der Waals surface area contributed by atoms with Crippen molar-refractivity contribution in [1.29, 1.82) is 0 Å². The highest BCUT2D eigenvalue weighted by Gasteiger charge is 2.19. The highest BCUT2D eigenvalue weighted by atomic mass is 19.1. The van der Waals surface area contributed by atoms with Gasteiger partial charge in [0.1, 0.15) is 5.82 Å². The Kier molecular flexibility index (Phi) is 4.31. The van der Waals surface area contributed by atoms with Gasteiger partial charge in [0, 0.05) is 12.6 Å². The van der Waals surface area contributed by atoms with Crippen molar-refractivity contribution in [2.24, 2.45) is 0 Å². The molecule has 0 aromatic heterocycles. The molecule has 16 heavy (non-hydrogen) atoms. The number of benzene rings is 1. The molecule has 1 aromatic carbocycles. The third kappa shape index (κ3) is 4.29. The average molecular weight is 222 g/mol. The zero-order valence-electron chi connectivity index (χ0n) is 9.51.